The fraction of sp³-hybridized carbons (Fsp3) is 0.308. The van der Waals surface area contributed by atoms with Crippen LogP contribution < -0.4 is 4.74 Å². The van der Waals surface area contributed by atoms with Gasteiger partial charge in [0, 0.05) is 0 Å². The van der Waals surface area contributed by atoms with Crippen LogP contribution in [0.2, 0.25) is 0 Å². The van der Waals surface area contributed by atoms with Gasteiger partial charge in [0.05, 0.1) is 30.8 Å². The maximum absolute atomic E-state index is 8.82. The minimum absolute atomic E-state index is 0.438. The van der Waals surface area contributed by atoms with Crippen LogP contribution in [-0.2, 0) is 6.54 Å². The van der Waals surface area contributed by atoms with Crippen LogP contribution in [0.3, 0.4) is 0 Å². The lowest BCUT2D eigenvalue weighted by Gasteiger charge is -2.04. The van der Waals surface area contributed by atoms with Gasteiger partial charge in [0.15, 0.2) is 5.92 Å². The van der Waals surface area contributed by atoms with Crippen LogP contribution in [0.15, 0.2) is 29.3 Å². The molecule has 0 N–H and O–H groups in total. The third-order valence-electron chi connectivity index (χ3n) is 2.27. The second-order valence-corrected chi connectivity index (χ2v) is 4.23. The number of rotatable bonds is 4. The highest BCUT2D eigenvalue weighted by Crippen LogP contribution is 2.15. The van der Waals surface area contributed by atoms with Gasteiger partial charge in [0.1, 0.15) is 5.75 Å². The molecule has 1 aromatic carbocycles. The molecule has 0 aromatic heterocycles. The number of nitrogens with zero attached hydrogens (tertiary/aromatic N) is 3. The first-order chi connectivity index (χ1) is 8.74. The molecule has 0 aliphatic carbocycles. The Morgan fingerprint density at radius 3 is 2.72 bits per heavy atom. The molecule has 5 heteroatoms. The average Bonchev–Trinajstić information content (AvgIpc) is 2.43. The van der Waals surface area contributed by atoms with E-state index in [4.69, 9.17) is 15.3 Å². The third-order valence-corrected chi connectivity index (χ3v) is 3.05. The number of benzene rings is 1. The lowest BCUT2D eigenvalue weighted by Crippen LogP contribution is -2.06. The first kappa shape index (κ1) is 14.1. The Morgan fingerprint density at radius 2 is 2.17 bits per heavy atom. The second kappa shape index (κ2) is 7.37. The fourth-order valence-corrected chi connectivity index (χ4v) is 1.89. The summed E-state index contributed by atoms with van der Waals surface area (Å²) < 4.78 is 5.12. The van der Waals surface area contributed by atoms with Crippen molar-refractivity contribution in [3.05, 3.63) is 29.8 Å². The van der Waals surface area contributed by atoms with Crippen molar-refractivity contribution in [3.8, 4) is 17.9 Å². The maximum atomic E-state index is 8.82. The monoisotopic (exact) mass is 259 g/mol. The van der Waals surface area contributed by atoms with E-state index in [0.29, 0.717) is 11.6 Å². The molecule has 0 aliphatic heterocycles. The quantitative estimate of drug-likeness (QED) is 0.615. The predicted molar refractivity (Wildman–Crippen MR) is 72.4 cm³/mol. The number of thioether (sulfide) groups is 1. The van der Waals surface area contributed by atoms with Crippen LogP contribution in [-0.4, -0.2) is 18.4 Å². The molecule has 0 saturated heterocycles. The topological polar surface area (TPSA) is 69.2 Å². The van der Waals surface area contributed by atoms with Gasteiger partial charge in [-0.25, -0.2) is 0 Å². The molecule has 0 aliphatic rings. The van der Waals surface area contributed by atoms with Crippen LogP contribution in [0.5, 0.6) is 5.75 Å². The Balaban J connectivity index is 2.83. The normalized spacial score (nSPS) is 10.8. The minimum Gasteiger partial charge on any atom is -0.497 e. The summed E-state index contributed by atoms with van der Waals surface area (Å²) in [6, 6.07) is 11.4. The SMILES string of the molecule is COc1cccc(CN=C(SC)C(C#N)C#N)c1. The summed E-state index contributed by atoms with van der Waals surface area (Å²) in [5, 5.41) is 18.2. The molecule has 0 spiro atoms. The van der Waals surface area contributed by atoms with E-state index in [1.165, 1.54) is 11.8 Å². The highest BCUT2D eigenvalue weighted by Gasteiger charge is 2.12. The van der Waals surface area contributed by atoms with Crippen molar-refractivity contribution in [2.24, 2.45) is 10.9 Å². The Labute approximate surface area is 111 Å². The molecule has 0 radical (unpaired) electrons. The summed E-state index contributed by atoms with van der Waals surface area (Å²) in [6.45, 7) is 0.438. The van der Waals surface area contributed by atoms with E-state index >= 15 is 0 Å². The Kier molecular flexibility index (Phi) is 5.76. The van der Waals surface area contributed by atoms with Crippen molar-refractivity contribution >= 4 is 16.8 Å². The molecule has 1 aromatic rings. The summed E-state index contributed by atoms with van der Waals surface area (Å²) >= 11 is 1.33. The number of aliphatic imine (C=N–C) groups is 1. The van der Waals surface area contributed by atoms with Crippen molar-refractivity contribution in [2.45, 2.75) is 6.54 Å². The van der Waals surface area contributed by atoms with Gasteiger partial charge in [-0.1, -0.05) is 12.1 Å². The minimum atomic E-state index is -0.786. The molecule has 0 atom stereocenters. The van der Waals surface area contributed by atoms with Gasteiger partial charge in [0.2, 0.25) is 0 Å². The summed E-state index contributed by atoms with van der Waals surface area (Å²) in [5.41, 5.74) is 0.982. The first-order valence-corrected chi connectivity index (χ1v) is 6.48. The first-order valence-electron chi connectivity index (χ1n) is 5.25. The van der Waals surface area contributed by atoms with Crippen LogP contribution in [0.25, 0.3) is 0 Å². The molecule has 0 heterocycles. The number of hydrogen-bond acceptors (Lipinski definition) is 5. The number of hydrogen-bond donors (Lipinski definition) is 0. The Bertz CT molecular complexity index is 500. The molecule has 0 unspecified atom stereocenters. The van der Waals surface area contributed by atoms with Gasteiger partial charge in [0.25, 0.3) is 0 Å². The predicted octanol–water partition coefficient (Wildman–Crippen LogP) is 2.62. The zero-order chi connectivity index (χ0) is 13.4. The number of methoxy groups -OCH3 is 1. The van der Waals surface area contributed by atoms with Crippen LogP contribution in [0, 0.1) is 28.6 Å². The molecule has 0 fully saturated rings. The largest absolute Gasteiger partial charge is 0.497 e. The maximum Gasteiger partial charge on any atom is 0.180 e. The molecule has 1 rings (SSSR count). The Morgan fingerprint density at radius 1 is 1.44 bits per heavy atom. The molecule has 0 amide bonds. The van der Waals surface area contributed by atoms with Crippen LogP contribution >= 0.6 is 11.8 Å². The zero-order valence-electron chi connectivity index (χ0n) is 10.3. The third kappa shape index (κ3) is 3.80. The van der Waals surface area contributed by atoms with Gasteiger partial charge >= 0.3 is 0 Å². The summed E-state index contributed by atoms with van der Waals surface area (Å²) in [6.07, 6.45) is 1.81. The zero-order valence-corrected chi connectivity index (χ0v) is 11.1. The molecular weight excluding hydrogens is 246 g/mol. The summed E-state index contributed by atoms with van der Waals surface area (Å²) in [4.78, 5) is 4.31. The van der Waals surface area contributed by atoms with Gasteiger partial charge in [-0.15, -0.1) is 11.8 Å². The fourth-order valence-electron chi connectivity index (χ4n) is 1.35. The Hall–Kier alpha value is -1.98. The van der Waals surface area contributed by atoms with Crippen molar-refractivity contribution < 1.29 is 4.74 Å². The van der Waals surface area contributed by atoms with Crippen LogP contribution in [0.4, 0.5) is 0 Å². The molecule has 0 saturated carbocycles. The van der Waals surface area contributed by atoms with E-state index in [1.54, 1.807) is 7.11 Å². The second-order valence-electron chi connectivity index (χ2n) is 3.40. The van der Waals surface area contributed by atoms with E-state index in [1.807, 2.05) is 42.7 Å². The molecule has 18 heavy (non-hydrogen) atoms. The van der Waals surface area contributed by atoms with Gasteiger partial charge in [-0.3, -0.25) is 4.99 Å². The highest BCUT2D eigenvalue weighted by molar-refractivity contribution is 8.13. The van der Waals surface area contributed by atoms with E-state index in [9.17, 15) is 0 Å². The van der Waals surface area contributed by atoms with E-state index in [0.717, 1.165) is 11.3 Å². The summed E-state index contributed by atoms with van der Waals surface area (Å²) in [5.74, 6) is -0.0175. The van der Waals surface area contributed by atoms with E-state index in [2.05, 4.69) is 4.99 Å². The van der Waals surface area contributed by atoms with E-state index < -0.39 is 5.92 Å². The summed E-state index contributed by atoms with van der Waals surface area (Å²) in [7, 11) is 1.61. The lowest BCUT2D eigenvalue weighted by molar-refractivity contribution is 0.414. The van der Waals surface area contributed by atoms with Crippen molar-refractivity contribution in [1.29, 1.82) is 10.5 Å². The number of nitriles is 2. The van der Waals surface area contributed by atoms with Crippen molar-refractivity contribution in [1.82, 2.24) is 0 Å². The molecule has 4 nitrogen and oxygen atoms in total. The van der Waals surface area contributed by atoms with Gasteiger partial charge in [-0.05, 0) is 24.0 Å². The van der Waals surface area contributed by atoms with Gasteiger partial charge in [-0.2, -0.15) is 10.5 Å². The highest BCUT2D eigenvalue weighted by atomic mass is 32.2. The number of ether oxygens (including phenoxy) is 1. The molecular formula is C13H13N3OS. The molecule has 92 valence electrons. The standard InChI is InChI=1S/C13H13N3OS/c1-17-12-5-3-4-10(6-12)9-16-13(18-2)11(7-14)8-15/h3-6,11H,9H2,1-2H3. The smallest absolute Gasteiger partial charge is 0.180 e. The van der Waals surface area contributed by atoms with Crippen LogP contribution in [0.1, 0.15) is 5.56 Å². The lowest BCUT2D eigenvalue weighted by atomic mass is 10.2. The molecule has 0 bridgehead atoms. The van der Waals surface area contributed by atoms with Gasteiger partial charge < -0.3 is 4.74 Å². The van der Waals surface area contributed by atoms with Crippen molar-refractivity contribution in [2.75, 3.05) is 13.4 Å². The van der Waals surface area contributed by atoms with Crippen molar-refractivity contribution in [3.63, 3.8) is 0 Å². The van der Waals surface area contributed by atoms with E-state index in [-0.39, 0.29) is 0 Å². The average molecular weight is 259 g/mol.